The van der Waals surface area contributed by atoms with Crippen molar-refractivity contribution in [2.45, 2.75) is 33.2 Å². The van der Waals surface area contributed by atoms with Crippen LogP contribution in [0.4, 0.5) is 17.5 Å². The van der Waals surface area contributed by atoms with Crippen molar-refractivity contribution < 1.29 is 0 Å². The Morgan fingerprint density at radius 1 is 1.05 bits per heavy atom. The van der Waals surface area contributed by atoms with Crippen molar-refractivity contribution in [3.8, 4) is 0 Å². The van der Waals surface area contributed by atoms with Crippen LogP contribution in [0.25, 0.3) is 0 Å². The molecule has 6 heteroatoms. The molecule has 2 N–H and O–H groups in total. The summed E-state index contributed by atoms with van der Waals surface area (Å²) < 4.78 is 0. The summed E-state index contributed by atoms with van der Waals surface area (Å²) in [6.45, 7) is 8.07. The number of rotatable bonds is 3. The van der Waals surface area contributed by atoms with Crippen molar-refractivity contribution in [1.82, 2.24) is 9.97 Å². The SMILES string of the molecule is Cc1cc(Nc2c(Cl)cccc2Cl)nc(NC(C)(C)C)n1. The number of aromatic nitrogens is 2. The second kappa shape index (κ2) is 6.08. The van der Waals surface area contributed by atoms with E-state index in [4.69, 9.17) is 23.2 Å². The van der Waals surface area contributed by atoms with Gasteiger partial charge in [0, 0.05) is 17.3 Å². The predicted molar refractivity (Wildman–Crippen MR) is 89.9 cm³/mol. The van der Waals surface area contributed by atoms with E-state index in [-0.39, 0.29) is 5.54 Å². The van der Waals surface area contributed by atoms with Crippen molar-refractivity contribution in [1.29, 1.82) is 0 Å². The van der Waals surface area contributed by atoms with Crippen LogP contribution in [0.3, 0.4) is 0 Å². The fourth-order valence-corrected chi connectivity index (χ4v) is 2.26. The average Bonchev–Trinajstić information content (AvgIpc) is 2.31. The molecule has 4 nitrogen and oxygen atoms in total. The lowest BCUT2D eigenvalue weighted by Gasteiger charge is -2.21. The summed E-state index contributed by atoms with van der Waals surface area (Å²) in [5, 5.41) is 7.49. The Kier molecular flexibility index (Phi) is 4.59. The maximum absolute atomic E-state index is 6.16. The molecule has 2 aromatic rings. The highest BCUT2D eigenvalue weighted by Gasteiger charge is 2.13. The Balaban J connectivity index is 2.32. The Morgan fingerprint density at radius 2 is 1.67 bits per heavy atom. The minimum atomic E-state index is -0.118. The molecule has 0 amide bonds. The molecule has 1 heterocycles. The third kappa shape index (κ3) is 4.48. The molecule has 0 aliphatic heterocycles. The van der Waals surface area contributed by atoms with Gasteiger partial charge in [-0.3, -0.25) is 0 Å². The lowest BCUT2D eigenvalue weighted by atomic mass is 10.1. The molecule has 0 saturated heterocycles. The van der Waals surface area contributed by atoms with E-state index in [1.807, 2.05) is 13.0 Å². The molecule has 0 saturated carbocycles. The zero-order valence-electron chi connectivity index (χ0n) is 12.5. The van der Waals surface area contributed by atoms with Gasteiger partial charge in [0.15, 0.2) is 0 Å². The Morgan fingerprint density at radius 3 is 2.24 bits per heavy atom. The van der Waals surface area contributed by atoms with Crippen LogP contribution in [0.15, 0.2) is 24.3 Å². The van der Waals surface area contributed by atoms with E-state index in [1.165, 1.54) is 0 Å². The van der Waals surface area contributed by atoms with E-state index >= 15 is 0 Å². The summed E-state index contributed by atoms with van der Waals surface area (Å²) in [7, 11) is 0. The Hall–Kier alpha value is -1.52. The van der Waals surface area contributed by atoms with Gasteiger partial charge in [-0.2, -0.15) is 4.98 Å². The number of nitrogens with one attached hydrogen (secondary N) is 2. The minimum Gasteiger partial charge on any atom is -0.350 e. The van der Waals surface area contributed by atoms with Crippen molar-refractivity contribution in [3.63, 3.8) is 0 Å². The molecule has 0 spiro atoms. The van der Waals surface area contributed by atoms with E-state index < -0.39 is 0 Å². The lowest BCUT2D eigenvalue weighted by molar-refractivity contribution is 0.625. The van der Waals surface area contributed by atoms with E-state index in [1.54, 1.807) is 18.2 Å². The second-order valence-corrected chi connectivity index (χ2v) is 6.63. The summed E-state index contributed by atoms with van der Waals surface area (Å²) in [5.41, 5.74) is 1.37. The van der Waals surface area contributed by atoms with Gasteiger partial charge in [0.05, 0.1) is 15.7 Å². The number of hydrogen-bond acceptors (Lipinski definition) is 4. The molecule has 2 rings (SSSR count). The number of anilines is 3. The molecule has 0 aliphatic rings. The van der Waals surface area contributed by atoms with Crippen LogP contribution in [0, 0.1) is 6.92 Å². The monoisotopic (exact) mass is 324 g/mol. The number of nitrogens with zero attached hydrogens (tertiary/aromatic N) is 2. The van der Waals surface area contributed by atoms with E-state index in [9.17, 15) is 0 Å². The summed E-state index contributed by atoms with van der Waals surface area (Å²) >= 11 is 12.3. The minimum absolute atomic E-state index is 0.118. The first-order valence-corrected chi connectivity index (χ1v) is 7.35. The van der Waals surface area contributed by atoms with Gasteiger partial charge in [-0.1, -0.05) is 29.3 Å². The molecule has 1 aromatic heterocycles. The highest BCUT2D eigenvalue weighted by Crippen LogP contribution is 2.32. The molecule has 0 radical (unpaired) electrons. The Labute approximate surface area is 134 Å². The largest absolute Gasteiger partial charge is 0.350 e. The standard InChI is InChI=1S/C15H18Cl2N4/c1-9-8-12(20-14(18-9)21-15(2,3)4)19-13-10(16)6-5-7-11(13)17/h5-8H,1-4H3,(H2,18,19,20,21). The molecule has 0 bridgehead atoms. The molecular formula is C15H18Cl2N4. The number of para-hydroxylation sites is 1. The van der Waals surface area contributed by atoms with E-state index in [2.05, 4.69) is 41.4 Å². The van der Waals surface area contributed by atoms with Crippen molar-refractivity contribution in [3.05, 3.63) is 40.0 Å². The topological polar surface area (TPSA) is 49.8 Å². The maximum Gasteiger partial charge on any atom is 0.225 e. The van der Waals surface area contributed by atoms with Crippen LogP contribution >= 0.6 is 23.2 Å². The molecule has 112 valence electrons. The molecule has 21 heavy (non-hydrogen) atoms. The van der Waals surface area contributed by atoms with Gasteiger partial charge in [0.2, 0.25) is 5.95 Å². The van der Waals surface area contributed by atoms with Crippen molar-refractivity contribution in [2.24, 2.45) is 0 Å². The summed E-state index contributed by atoms with van der Waals surface area (Å²) in [6.07, 6.45) is 0. The highest BCUT2D eigenvalue weighted by molar-refractivity contribution is 6.39. The molecular weight excluding hydrogens is 307 g/mol. The van der Waals surface area contributed by atoms with Gasteiger partial charge in [0.1, 0.15) is 5.82 Å². The number of aryl methyl sites for hydroxylation is 1. The molecule has 0 atom stereocenters. The number of benzene rings is 1. The van der Waals surface area contributed by atoms with Gasteiger partial charge in [0.25, 0.3) is 0 Å². The van der Waals surface area contributed by atoms with Crippen LogP contribution in [0.1, 0.15) is 26.5 Å². The smallest absolute Gasteiger partial charge is 0.225 e. The first-order chi connectivity index (χ1) is 9.74. The van der Waals surface area contributed by atoms with Crippen LogP contribution in [0.2, 0.25) is 10.0 Å². The van der Waals surface area contributed by atoms with Gasteiger partial charge in [-0.15, -0.1) is 0 Å². The van der Waals surface area contributed by atoms with Crippen LogP contribution in [-0.2, 0) is 0 Å². The summed E-state index contributed by atoms with van der Waals surface area (Å²) in [5.74, 6) is 1.21. The lowest BCUT2D eigenvalue weighted by Crippen LogP contribution is -2.27. The van der Waals surface area contributed by atoms with Gasteiger partial charge in [-0.05, 0) is 39.8 Å². The van der Waals surface area contributed by atoms with E-state index in [0.717, 1.165) is 5.69 Å². The van der Waals surface area contributed by atoms with Crippen molar-refractivity contribution in [2.75, 3.05) is 10.6 Å². The fourth-order valence-electron chi connectivity index (χ4n) is 1.77. The molecule has 0 unspecified atom stereocenters. The molecule has 1 aromatic carbocycles. The van der Waals surface area contributed by atoms with Gasteiger partial charge < -0.3 is 10.6 Å². The fraction of sp³-hybridized carbons (Fsp3) is 0.333. The first kappa shape index (κ1) is 15.9. The quantitative estimate of drug-likeness (QED) is 0.829. The zero-order valence-corrected chi connectivity index (χ0v) is 14.0. The van der Waals surface area contributed by atoms with Crippen LogP contribution < -0.4 is 10.6 Å². The number of hydrogen-bond donors (Lipinski definition) is 2. The maximum atomic E-state index is 6.16. The highest BCUT2D eigenvalue weighted by atomic mass is 35.5. The van der Waals surface area contributed by atoms with Crippen LogP contribution in [-0.4, -0.2) is 15.5 Å². The normalized spacial score (nSPS) is 11.3. The second-order valence-electron chi connectivity index (χ2n) is 5.81. The van der Waals surface area contributed by atoms with E-state index in [0.29, 0.717) is 27.5 Å². The molecule has 0 aliphatic carbocycles. The first-order valence-electron chi connectivity index (χ1n) is 6.59. The summed E-state index contributed by atoms with van der Waals surface area (Å²) in [4.78, 5) is 8.82. The summed E-state index contributed by atoms with van der Waals surface area (Å²) in [6, 6.07) is 7.19. The molecule has 0 fully saturated rings. The van der Waals surface area contributed by atoms with Crippen molar-refractivity contribution >= 4 is 40.7 Å². The zero-order chi connectivity index (χ0) is 15.6. The van der Waals surface area contributed by atoms with Gasteiger partial charge in [-0.25, -0.2) is 4.98 Å². The predicted octanol–water partition coefficient (Wildman–Crippen LogP) is 5.05. The van der Waals surface area contributed by atoms with Crippen LogP contribution in [0.5, 0.6) is 0 Å². The third-order valence-corrected chi connectivity index (χ3v) is 3.19. The third-order valence-electron chi connectivity index (χ3n) is 2.56. The number of halogens is 2. The average molecular weight is 325 g/mol. The Bertz CT molecular complexity index is 630. The van der Waals surface area contributed by atoms with Gasteiger partial charge >= 0.3 is 0 Å².